The molecule has 0 heterocycles. The van der Waals surface area contributed by atoms with E-state index in [2.05, 4.69) is 34.6 Å². The molecule has 0 saturated heterocycles. The summed E-state index contributed by atoms with van der Waals surface area (Å²) in [6.45, 7) is 12.1. The largest absolute Gasteiger partial charge is 0.0654 e. The Hall–Kier alpha value is 0. The fourth-order valence-corrected chi connectivity index (χ4v) is 6.02. The van der Waals surface area contributed by atoms with Gasteiger partial charge >= 0.3 is 0 Å². The maximum atomic E-state index is 2.51. The smallest absolute Gasteiger partial charge is 0.0443 e. The van der Waals surface area contributed by atoms with Crippen LogP contribution in [0.2, 0.25) is 0 Å². The second kappa shape index (κ2) is 29.6. The van der Waals surface area contributed by atoms with Gasteiger partial charge in [-0.05, 0) is 17.8 Å². The van der Waals surface area contributed by atoms with E-state index in [0.717, 1.165) is 17.8 Å². The summed E-state index contributed by atoms with van der Waals surface area (Å²) in [5, 5.41) is 0. The van der Waals surface area contributed by atoms with Crippen LogP contribution in [0.15, 0.2) is 0 Å². The minimum absolute atomic E-state index is 0.951. The lowest BCUT2D eigenvalue weighted by atomic mass is 9.92. The molecule has 0 aliphatic rings. The lowest BCUT2D eigenvalue weighted by Crippen LogP contribution is -1.99. The second-order valence-electron chi connectivity index (χ2n) is 13.1. The monoisotopic (exact) mass is 507 g/mol. The molecule has 0 N–H and O–H groups in total. The lowest BCUT2D eigenvalue weighted by molar-refractivity contribution is 0.389. The standard InChI is InChI=1S/C36H74/c1-6-8-10-12-14-15-16-17-20-24-28-34(3)29-25-21-18-22-26-31-36(5)33-27-32-35(4)30-23-19-13-11-9-7-2/h34-36H,6-33H2,1-5H3. The Morgan fingerprint density at radius 1 is 0.250 bits per heavy atom. The fourth-order valence-electron chi connectivity index (χ4n) is 6.02. The molecular weight excluding hydrogens is 432 g/mol. The Balaban J connectivity index is 3.34. The summed E-state index contributed by atoms with van der Waals surface area (Å²) < 4.78 is 0. The quantitative estimate of drug-likeness (QED) is 0.0849. The summed E-state index contributed by atoms with van der Waals surface area (Å²) in [6, 6.07) is 0. The zero-order chi connectivity index (χ0) is 26.5. The number of rotatable bonds is 30. The molecule has 0 aromatic carbocycles. The molecule has 36 heavy (non-hydrogen) atoms. The SMILES string of the molecule is CCCCCCCCCCCCC(C)CCCCCCCC(C)CCCC(C)CCCCCCCC. The summed E-state index contributed by atoms with van der Waals surface area (Å²) in [5.74, 6) is 2.87. The number of unbranched alkanes of at least 4 members (excludes halogenated alkanes) is 18. The summed E-state index contributed by atoms with van der Waals surface area (Å²) in [5.41, 5.74) is 0. The van der Waals surface area contributed by atoms with Crippen LogP contribution >= 0.6 is 0 Å². The van der Waals surface area contributed by atoms with E-state index >= 15 is 0 Å². The van der Waals surface area contributed by atoms with Crippen molar-refractivity contribution in [1.29, 1.82) is 0 Å². The van der Waals surface area contributed by atoms with Crippen LogP contribution < -0.4 is 0 Å². The van der Waals surface area contributed by atoms with Gasteiger partial charge in [0.05, 0.1) is 0 Å². The number of hydrogen-bond acceptors (Lipinski definition) is 0. The summed E-state index contributed by atoms with van der Waals surface area (Å²) in [6.07, 6.45) is 41.0. The van der Waals surface area contributed by atoms with E-state index in [9.17, 15) is 0 Å². The molecule has 0 amide bonds. The predicted octanol–water partition coefficient (Wildman–Crippen LogP) is 13.9. The lowest BCUT2D eigenvalue weighted by Gasteiger charge is -2.14. The van der Waals surface area contributed by atoms with Gasteiger partial charge in [0.25, 0.3) is 0 Å². The number of hydrogen-bond donors (Lipinski definition) is 0. The molecule has 0 aromatic heterocycles. The van der Waals surface area contributed by atoms with E-state index in [1.54, 1.807) is 0 Å². The van der Waals surface area contributed by atoms with Crippen molar-refractivity contribution in [3.05, 3.63) is 0 Å². The van der Waals surface area contributed by atoms with E-state index in [0.29, 0.717) is 0 Å². The van der Waals surface area contributed by atoms with Gasteiger partial charge in [-0.25, -0.2) is 0 Å². The minimum Gasteiger partial charge on any atom is -0.0654 e. The molecule has 0 heteroatoms. The summed E-state index contributed by atoms with van der Waals surface area (Å²) >= 11 is 0. The van der Waals surface area contributed by atoms with E-state index in [4.69, 9.17) is 0 Å². The highest BCUT2D eigenvalue weighted by Crippen LogP contribution is 2.22. The summed E-state index contributed by atoms with van der Waals surface area (Å²) in [7, 11) is 0. The van der Waals surface area contributed by atoms with Crippen molar-refractivity contribution >= 4 is 0 Å². The van der Waals surface area contributed by atoms with E-state index in [1.165, 1.54) is 180 Å². The molecular formula is C36H74. The van der Waals surface area contributed by atoms with Gasteiger partial charge in [0.2, 0.25) is 0 Å². The Labute approximate surface area is 232 Å². The Bertz CT molecular complexity index is 385. The average molecular weight is 507 g/mol. The van der Waals surface area contributed by atoms with Crippen molar-refractivity contribution in [3.8, 4) is 0 Å². The van der Waals surface area contributed by atoms with Crippen LogP contribution in [0.3, 0.4) is 0 Å². The highest BCUT2D eigenvalue weighted by molar-refractivity contribution is 4.60. The first-order chi connectivity index (χ1) is 17.6. The Kier molecular flexibility index (Phi) is 29.6. The van der Waals surface area contributed by atoms with Crippen LogP contribution in [0.5, 0.6) is 0 Å². The molecule has 0 rings (SSSR count). The molecule has 0 nitrogen and oxygen atoms in total. The maximum Gasteiger partial charge on any atom is -0.0443 e. The molecule has 0 fully saturated rings. The van der Waals surface area contributed by atoms with Gasteiger partial charge in [-0.2, -0.15) is 0 Å². The van der Waals surface area contributed by atoms with Crippen LogP contribution in [0.4, 0.5) is 0 Å². The molecule has 0 aliphatic carbocycles. The average Bonchev–Trinajstić information content (AvgIpc) is 2.86. The van der Waals surface area contributed by atoms with Crippen molar-refractivity contribution in [3.63, 3.8) is 0 Å². The second-order valence-corrected chi connectivity index (χ2v) is 13.1. The molecule has 0 saturated carbocycles. The van der Waals surface area contributed by atoms with Crippen LogP contribution in [0.1, 0.15) is 214 Å². The third-order valence-corrected chi connectivity index (χ3v) is 8.89. The van der Waals surface area contributed by atoms with Crippen LogP contribution in [0.25, 0.3) is 0 Å². The van der Waals surface area contributed by atoms with Gasteiger partial charge < -0.3 is 0 Å². The van der Waals surface area contributed by atoms with E-state index < -0.39 is 0 Å². The molecule has 0 aliphatic heterocycles. The first-order valence-corrected chi connectivity index (χ1v) is 17.6. The van der Waals surface area contributed by atoms with Crippen molar-refractivity contribution in [2.24, 2.45) is 17.8 Å². The predicted molar refractivity (Wildman–Crippen MR) is 168 cm³/mol. The van der Waals surface area contributed by atoms with Crippen molar-refractivity contribution in [2.45, 2.75) is 214 Å². The summed E-state index contributed by atoms with van der Waals surface area (Å²) in [4.78, 5) is 0. The minimum atomic E-state index is 0.951. The van der Waals surface area contributed by atoms with Crippen molar-refractivity contribution in [2.75, 3.05) is 0 Å². The zero-order valence-electron chi connectivity index (χ0n) is 26.5. The zero-order valence-corrected chi connectivity index (χ0v) is 26.5. The highest BCUT2D eigenvalue weighted by atomic mass is 14.1. The van der Waals surface area contributed by atoms with Gasteiger partial charge in [0.1, 0.15) is 0 Å². The molecule has 218 valence electrons. The normalized spacial score (nSPS) is 14.2. The highest BCUT2D eigenvalue weighted by Gasteiger charge is 2.06. The maximum absolute atomic E-state index is 2.51. The topological polar surface area (TPSA) is 0 Å². The first kappa shape index (κ1) is 36.0. The molecule has 0 spiro atoms. The third-order valence-electron chi connectivity index (χ3n) is 8.89. The molecule has 0 radical (unpaired) electrons. The first-order valence-electron chi connectivity index (χ1n) is 17.6. The van der Waals surface area contributed by atoms with Crippen molar-refractivity contribution < 1.29 is 0 Å². The van der Waals surface area contributed by atoms with Gasteiger partial charge in [-0.3, -0.25) is 0 Å². The van der Waals surface area contributed by atoms with Gasteiger partial charge in [-0.1, -0.05) is 214 Å². The van der Waals surface area contributed by atoms with Gasteiger partial charge in [-0.15, -0.1) is 0 Å². The third kappa shape index (κ3) is 28.6. The van der Waals surface area contributed by atoms with Gasteiger partial charge in [0, 0.05) is 0 Å². The van der Waals surface area contributed by atoms with Gasteiger partial charge in [0.15, 0.2) is 0 Å². The van der Waals surface area contributed by atoms with E-state index in [1.807, 2.05) is 0 Å². The molecule has 0 bridgehead atoms. The Morgan fingerprint density at radius 3 is 0.694 bits per heavy atom. The molecule has 0 aromatic rings. The van der Waals surface area contributed by atoms with E-state index in [-0.39, 0.29) is 0 Å². The van der Waals surface area contributed by atoms with Crippen molar-refractivity contribution in [1.82, 2.24) is 0 Å². The van der Waals surface area contributed by atoms with Crippen LogP contribution in [-0.4, -0.2) is 0 Å². The molecule has 3 unspecified atom stereocenters. The Morgan fingerprint density at radius 2 is 0.444 bits per heavy atom. The fraction of sp³-hybridized carbons (Fsp3) is 1.00. The van der Waals surface area contributed by atoms with Crippen LogP contribution in [-0.2, 0) is 0 Å². The molecule has 3 atom stereocenters. The van der Waals surface area contributed by atoms with Crippen LogP contribution in [0, 0.1) is 17.8 Å².